The molecule has 3 aromatic rings. The molecule has 0 aliphatic heterocycles. The van der Waals surface area contributed by atoms with Gasteiger partial charge < -0.3 is 15.5 Å². The van der Waals surface area contributed by atoms with Crippen LogP contribution in [-0.2, 0) is 11.2 Å². The van der Waals surface area contributed by atoms with Crippen LogP contribution in [0.4, 0.5) is 0 Å². The molecule has 2 N–H and O–H groups in total. The van der Waals surface area contributed by atoms with E-state index >= 15 is 0 Å². The second kappa shape index (κ2) is 10.7. The number of rotatable bonds is 9. The zero-order valence-electron chi connectivity index (χ0n) is 17.2. The van der Waals surface area contributed by atoms with Crippen molar-refractivity contribution in [2.45, 2.75) is 18.5 Å². The molecule has 0 aliphatic carbocycles. The van der Waals surface area contributed by atoms with Gasteiger partial charge in [-0.1, -0.05) is 66.7 Å². The summed E-state index contributed by atoms with van der Waals surface area (Å²) in [4.78, 5) is 28.3. The summed E-state index contributed by atoms with van der Waals surface area (Å²) in [6, 6.07) is 22.8. The van der Waals surface area contributed by atoms with Gasteiger partial charge in [-0.05, 0) is 36.7 Å². The van der Waals surface area contributed by atoms with Crippen LogP contribution in [0.2, 0.25) is 0 Å². The monoisotopic (exact) mass is 421 g/mol. The van der Waals surface area contributed by atoms with Crippen LogP contribution in [0, 0.1) is 0 Å². The molecule has 2 atom stereocenters. The highest BCUT2D eigenvalue weighted by molar-refractivity contribution is 7.12. The molecule has 0 aliphatic rings. The van der Waals surface area contributed by atoms with Crippen LogP contribution in [0.3, 0.4) is 0 Å². The molecular formula is C24H27N3O2S. The Labute approximate surface area is 181 Å². The number of thiophene rings is 1. The molecule has 2 amide bonds. The molecule has 3 rings (SSSR count). The SMILES string of the molecule is CN(C)C(CNC(=O)C(Cc1ccccc1)NC(=O)c1cccs1)c1ccccc1. The summed E-state index contributed by atoms with van der Waals surface area (Å²) in [5.41, 5.74) is 2.13. The van der Waals surface area contributed by atoms with Gasteiger partial charge in [-0.25, -0.2) is 0 Å². The summed E-state index contributed by atoms with van der Waals surface area (Å²) in [7, 11) is 3.98. The fourth-order valence-corrected chi connectivity index (χ4v) is 3.92. The highest BCUT2D eigenvalue weighted by Gasteiger charge is 2.24. The summed E-state index contributed by atoms with van der Waals surface area (Å²) in [6.45, 7) is 0.454. The number of amides is 2. The van der Waals surface area contributed by atoms with Gasteiger partial charge in [-0.15, -0.1) is 11.3 Å². The van der Waals surface area contributed by atoms with Crippen molar-refractivity contribution in [3.05, 3.63) is 94.2 Å². The van der Waals surface area contributed by atoms with Crippen LogP contribution in [0.1, 0.15) is 26.8 Å². The third kappa shape index (κ3) is 6.02. The fourth-order valence-electron chi connectivity index (χ4n) is 3.29. The number of nitrogens with one attached hydrogen (secondary N) is 2. The van der Waals surface area contributed by atoms with Crippen molar-refractivity contribution >= 4 is 23.2 Å². The van der Waals surface area contributed by atoms with E-state index in [-0.39, 0.29) is 17.9 Å². The van der Waals surface area contributed by atoms with Gasteiger partial charge in [0.05, 0.1) is 10.9 Å². The van der Waals surface area contributed by atoms with Gasteiger partial charge in [0, 0.05) is 13.0 Å². The minimum Gasteiger partial charge on any atom is -0.352 e. The Morgan fingerprint density at radius 3 is 2.20 bits per heavy atom. The van der Waals surface area contributed by atoms with Gasteiger partial charge in [0.1, 0.15) is 6.04 Å². The smallest absolute Gasteiger partial charge is 0.262 e. The number of carbonyl (C=O) groups excluding carboxylic acids is 2. The van der Waals surface area contributed by atoms with Gasteiger partial charge >= 0.3 is 0 Å². The average molecular weight is 422 g/mol. The topological polar surface area (TPSA) is 61.4 Å². The molecule has 2 unspecified atom stereocenters. The van der Waals surface area contributed by atoms with E-state index in [1.807, 2.05) is 74.1 Å². The Bertz CT molecular complexity index is 928. The van der Waals surface area contributed by atoms with E-state index in [0.29, 0.717) is 17.8 Å². The maximum absolute atomic E-state index is 13.1. The summed E-state index contributed by atoms with van der Waals surface area (Å²) in [5, 5.41) is 7.80. The van der Waals surface area contributed by atoms with Crippen LogP contribution in [0.25, 0.3) is 0 Å². The van der Waals surface area contributed by atoms with Crippen LogP contribution < -0.4 is 10.6 Å². The lowest BCUT2D eigenvalue weighted by atomic mass is 10.0. The molecule has 0 bridgehead atoms. The third-order valence-electron chi connectivity index (χ3n) is 4.93. The van der Waals surface area contributed by atoms with Gasteiger partial charge in [-0.3, -0.25) is 9.59 Å². The number of likely N-dealkylation sites (N-methyl/N-ethyl adjacent to an activating group) is 1. The molecule has 2 aromatic carbocycles. The summed E-state index contributed by atoms with van der Waals surface area (Å²) < 4.78 is 0. The molecular weight excluding hydrogens is 394 g/mol. The van der Waals surface area contributed by atoms with Gasteiger partial charge in [0.15, 0.2) is 0 Å². The number of nitrogens with zero attached hydrogens (tertiary/aromatic N) is 1. The van der Waals surface area contributed by atoms with Crippen molar-refractivity contribution < 1.29 is 9.59 Å². The minimum absolute atomic E-state index is 0.0422. The normalized spacial score (nSPS) is 12.9. The van der Waals surface area contributed by atoms with Crippen molar-refractivity contribution in [2.75, 3.05) is 20.6 Å². The lowest BCUT2D eigenvalue weighted by Gasteiger charge is -2.26. The van der Waals surface area contributed by atoms with Crippen LogP contribution in [0.15, 0.2) is 78.2 Å². The van der Waals surface area contributed by atoms with Gasteiger partial charge in [0.25, 0.3) is 5.91 Å². The first-order chi connectivity index (χ1) is 14.5. The first-order valence-electron chi connectivity index (χ1n) is 9.92. The minimum atomic E-state index is -0.652. The average Bonchev–Trinajstić information content (AvgIpc) is 3.30. The Hall–Kier alpha value is -2.96. The van der Waals surface area contributed by atoms with Gasteiger partial charge in [-0.2, -0.15) is 0 Å². The van der Waals surface area contributed by atoms with Crippen molar-refractivity contribution in [2.24, 2.45) is 0 Å². The quantitative estimate of drug-likeness (QED) is 0.556. The molecule has 1 heterocycles. The molecule has 5 nitrogen and oxygen atoms in total. The number of carbonyl (C=O) groups is 2. The predicted octanol–water partition coefficient (Wildman–Crippen LogP) is 3.51. The third-order valence-corrected chi connectivity index (χ3v) is 5.80. The number of benzene rings is 2. The van der Waals surface area contributed by atoms with E-state index in [4.69, 9.17) is 0 Å². The zero-order chi connectivity index (χ0) is 21.3. The maximum Gasteiger partial charge on any atom is 0.262 e. The number of hydrogen-bond donors (Lipinski definition) is 2. The zero-order valence-corrected chi connectivity index (χ0v) is 18.1. The largest absolute Gasteiger partial charge is 0.352 e. The van der Waals surface area contributed by atoms with Crippen LogP contribution >= 0.6 is 11.3 Å². The number of hydrogen-bond acceptors (Lipinski definition) is 4. The molecule has 30 heavy (non-hydrogen) atoms. The first kappa shape index (κ1) is 21.7. The molecule has 6 heteroatoms. The Morgan fingerprint density at radius 2 is 1.60 bits per heavy atom. The second-order valence-electron chi connectivity index (χ2n) is 7.33. The van der Waals surface area contributed by atoms with E-state index in [0.717, 1.165) is 11.1 Å². The lowest BCUT2D eigenvalue weighted by molar-refractivity contribution is -0.123. The molecule has 1 aromatic heterocycles. The van der Waals surface area contributed by atoms with Crippen molar-refractivity contribution in [3.8, 4) is 0 Å². The van der Waals surface area contributed by atoms with E-state index in [2.05, 4.69) is 27.7 Å². The molecule has 0 spiro atoms. The lowest BCUT2D eigenvalue weighted by Crippen LogP contribution is -2.49. The predicted molar refractivity (Wildman–Crippen MR) is 122 cm³/mol. The Kier molecular flexibility index (Phi) is 7.76. The summed E-state index contributed by atoms with van der Waals surface area (Å²) in [6.07, 6.45) is 0.432. The first-order valence-corrected chi connectivity index (χ1v) is 10.8. The standard InChI is InChI=1S/C24H27N3O2S/c1-27(2)21(19-12-7-4-8-13-19)17-25-23(28)20(16-18-10-5-3-6-11-18)26-24(29)22-14-9-15-30-22/h3-15,20-21H,16-17H2,1-2H3,(H,25,28)(H,26,29). The highest BCUT2D eigenvalue weighted by atomic mass is 32.1. The molecule has 0 saturated carbocycles. The van der Waals surface area contributed by atoms with Crippen molar-refractivity contribution in [3.63, 3.8) is 0 Å². The second-order valence-corrected chi connectivity index (χ2v) is 8.28. The maximum atomic E-state index is 13.1. The van der Waals surface area contributed by atoms with E-state index < -0.39 is 6.04 Å². The fraction of sp³-hybridized carbons (Fsp3) is 0.250. The Morgan fingerprint density at radius 1 is 0.933 bits per heavy atom. The van der Waals surface area contributed by atoms with E-state index in [1.54, 1.807) is 6.07 Å². The molecule has 0 saturated heterocycles. The highest BCUT2D eigenvalue weighted by Crippen LogP contribution is 2.17. The summed E-state index contributed by atoms with van der Waals surface area (Å²) >= 11 is 1.36. The van der Waals surface area contributed by atoms with Crippen LogP contribution in [-0.4, -0.2) is 43.4 Å². The van der Waals surface area contributed by atoms with Gasteiger partial charge in [0.2, 0.25) is 5.91 Å². The molecule has 156 valence electrons. The van der Waals surface area contributed by atoms with Crippen LogP contribution in [0.5, 0.6) is 0 Å². The van der Waals surface area contributed by atoms with Crippen molar-refractivity contribution in [1.29, 1.82) is 0 Å². The van der Waals surface area contributed by atoms with E-state index in [9.17, 15) is 9.59 Å². The van der Waals surface area contributed by atoms with E-state index in [1.165, 1.54) is 11.3 Å². The summed E-state index contributed by atoms with van der Waals surface area (Å²) in [5.74, 6) is -0.417. The molecule has 0 fully saturated rings. The molecule has 0 radical (unpaired) electrons. The van der Waals surface area contributed by atoms with Crippen molar-refractivity contribution in [1.82, 2.24) is 15.5 Å². The Balaban J connectivity index is 1.71.